The minimum atomic E-state index is 0.130. The first-order chi connectivity index (χ1) is 9.69. The van der Waals surface area contributed by atoms with Crippen LogP contribution in [-0.4, -0.2) is 46.4 Å². The van der Waals surface area contributed by atoms with Crippen LogP contribution in [0.2, 0.25) is 0 Å². The molecule has 0 saturated carbocycles. The summed E-state index contributed by atoms with van der Waals surface area (Å²) in [5.74, 6) is 0.322. The van der Waals surface area contributed by atoms with Gasteiger partial charge in [-0.05, 0) is 39.7 Å². The van der Waals surface area contributed by atoms with Crippen molar-refractivity contribution in [3.05, 3.63) is 18.0 Å². The van der Waals surface area contributed by atoms with Crippen molar-refractivity contribution < 1.29 is 9.53 Å². The van der Waals surface area contributed by atoms with Crippen LogP contribution in [0.5, 0.6) is 6.01 Å². The lowest BCUT2D eigenvalue weighted by atomic mass is 9.86. The Morgan fingerprint density at radius 3 is 2.45 bits per heavy atom. The van der Waals surface area contributed by atoms with E-state index in [2.05, 4.69) is 21.9 Å². The first kappa shape index (κ1) is 13.5. The molecule has 2 unspecified atom stereocenters. The van der Waals surface area contributed by atoms with Gasteiger partial charge in [0.1, 0.15) is 0 Å². The topological polar surface area (TPSA) is 55.3 Å². The second-order valence-corrected chi connectivity index (χ2v) is 5.77. The second-order valence-electron chi connectivity index (χ2n) is 5.77. The van der Waals surface area contributed by atoms with Crippen molar-refractivity contribution >= 4 is 5.78 Å². The van der Waals surface area contributed by atoms with E-state index in [1.54, 1.807) is 12.4 Å². The van der Waals surface area contributed by atoms with Gasteiger partial charge in [0.25, 0.3) is 0 Å². The predicted molar refractivity (Wildman–Crippen MR) is 74.8 cm³/mol. The van der Waals surface area contributed by atoms with Crippen molar-refractivity contribution in [2.75, 3.05) is 13.7 Å². The third kappa shape index (κ3) is 2.42. The Morgan fingerprint density at radius 1 is 1.30 bits per heavy atom. The molecule has 0 aliphatic carbocycles. The summed E-state index contributed by atoms with van der Waals surface area (Å²) in [6.45, 7) is 2.42. The number of rotatable bonds is 4. The average Bonchev–Trinajstić information content (AvgIpc) is 2.68. The van der Waals surface area contributed by atoms with Crippen molar-refractivity contribution in [1.29, 1.82) is 0 Å². The zero-order valence-corrected chi connectivity index (χ0v) is 12.1. The van der Waals surface area contributed by atoms with Crippen molar-refractivity contribution in [3.8, 4) is 6.01 Å². The van der Waals surface area contributed by atoms with Gasteiger partial charge >= 0.3 is 6.01 Å². The van der Waals surface area contributed by atoms with E-state index >= 15 is 0 Å². The zero-order valence-electron chi connectivity index (χ0n) is 12.1. The zero-order chi connectivity index (χ0) is 14.1. The molecular formula is C15H21N3O2. The molecule has 3 heterocycles. The number of Topliss-reactive ketones (excluding diaryl/α,β-unsaturated/α-hetero) is 1. The first-order valence-corrected chi connectivity index (χ1v) is 7.40. The summed E-state index contributed by atoms with van der Waals surface area (Å²) in [4.78, 5) is 23.2. The van der Waals surface area contributed by atoms with Gasteiger partial charge in [0.05, 0.1) is 12.2 Å². The number of hydrogen-bond acceptors (Lipinski definition) is 5. The number of ether oxygens (including phenoxy) is 1. The molecule has 2 aliphatic rings. The summed E-state index contributed by atoms with van der Waals surface area (Å²) in [5.41, 5.74) is 0.613. The maximum absolute atomic E-state index is 12.6. The molecule has 0 radical (unpaired) electrons. The third-order valence-electron chi connectivity index (χ3n) is 4.66. The number of aromatic nitrogens is 2. The van der Waals surface area contributed by atoms with Crippen LogP contribution in [-0.2, 0) is 0 Å². The molecule has 2 atom stereocenters. The maximum atomic E-state index is 12.6. The molecule has 0 aromatic carbocycles. The Hall–Kier alpha value is -1.49. The lowest BCUT2D eigenvalue weighted by molar-refractivity contribution is 0.0766. The summed E-state index contributed by atoms with van der Waals surface area (Å²) in [6.07, 6.45) is 7.59. The van der Waals surface area contributed by atoms with E-state index in [1.807, 2.05) is 6.92 Å². The number of fused-ring (bicyclic) bond motifs is 2. The minimum absolute atomic E-state index is 0.130. The fourth-order valence-corrected chi connectivity index (χ4v) is 3.51. The van der Waals surface area contributed by atoms with Gasteiger partial charge in [0, 0.05) is 30.4 Å². The monoisotopic (exact) mass is 275 g/mol. The summed E-state index contributed by atoms with van der Waals surface area (Å²) >= 11 is 0. The van der Waals surface area contributed by atoms with Crippen molar-refractivity contribution in [3.63, 3.8) is 0 Å². The molecule has 3 rings (SSSR count). The van der Waals surface area contributed by atoms with E-state index < -0.39 is 0 Å². The number of hydrogen-bond donors (Lipinski definition) is 0. The molecule has 5 nitrogen and oxygen atoms in total. The Kier molecular flexibility index (Phi) is 3.70. The van der Waals surface area contributed by atoms with Gasteiger partial charge in [0.15, 0.2) is 5.78 Å². The highest BCUT2D eigenvalue weighted by atomic mass is 16.5. The number of ketones is 1. The Morgan fingerprint density at radius 2 is 1.90 bits per heavy atom. The van der Waals surface area contributed by atoms with Crippen LogP contribution in [0.4, 0.5) is 0 Å². The van der Waals surface area contributed by atoms with E-state index in [0.717, 1.165) is 12.8 Å². The lowest BCUT2D eigenvalue weighted by Crippen LogP contribution is -2.42. The molecule has 0 spiro atoms. The SMILES string of the molecule is CCOc1ncc(C(=O)C2CC3CCC(C2)N3C)cn1. The Bertz CT molecular complexity index is 474. The molecule has 108 valence electrons. The predicted octanol–water partition coefficient (Wildman–Crippen LogP) is 1.93. The highest BCUT2D eigenvalue weighted by Crippen LogP contribution is 2.38. The summed E-state index contributed by atoms with van der Waals surface area (Å²) in [7, 11) is 2.18. The lowest BCUT2D eigenvalue weighted by Gasteiger charge is -2.35. The Balaban J connectivity index is 1.70. The van der Waals surface area contributed by atoms with Gasteiger partial charge in [0.2, 0.25) is 0 Å². The van der Waals surface area contributed by atoms with Crippen molar-refractivity contribution in [2.45, 2.75) is 44.7 Å². The molecule has 0 N–H and O–H groups in total. The second kappa shape index (κ2) is 5.48. The van der Waals surface area contributed by atoms with Crippen LogP contribution >= 0.6 is 0 Å². The molecule has 1 aromatic heterocycles. The largest absolute Gasteiger partial charge is 0.464 e. The quantitative estimate of drug-likeness (QED) is 0.786. The molecule has 2 aliphatic heterocycles. The number of nitrogens with zero attached hydrogens (tertiary/aromatic N) is 3. The summed E-state index contributed by atoms with van der Waals surface area (Å²) in [6, 6.07) is 1.49. The highest BCUT2D eigenvalue weighted by molar-refractivity contribution is 5.97. The smallest absolute Gasteiger partial charge is 0.316 e. The van der Waals surface area contributed by atoms with Gasteiger partial charge in [-0.3, -0.25) is 4.79 Å². The number of carbonyl (C=O) groups excluding carboxylic acids is 1. The fraction of sp³-hybridized carbons (Fsp3) is 0.667. The van der Waals surface area contributed by atoms with Gasteiger partial charge in [-0.1, -0.05) is 0 Å². The Labute approximate surface area is 119 Å². The molecule has 2 saturated heterocycles. The number of carbonyl (C=O) groups is 1. The van der Waals surface area contributed by atoms with Crippen LogP contribution < -0.4 is 4.74 Å². The van der Waals surface area contributed by atoms with Crippen LogP contribution in [0.25, 0.3) is 0 Å². The van der Waals surface area contributed by atoms with E-state index in [1.165, 1.54) is 12.8 Å². The first-order valence-electron chi connectivity index (χ1n) is 7.40. The normalized spacial score (nSPS) is 29.4. The fourth-order valence-electron chi connectivity index (χ4n) is 3.51. The van der Waals surface area contributed by atoms with Crippen LogP contribution in [0, 0.1) is 5.92 Å². The average molecular weight is 275 g/mol. The van der Waals surface area contributed by atoms with Crippen molar-refractivity contribution in [1.82, 2.24) is 14.9 Å². The minimum Gasteiger partial charge on any atom is -0.464 e. The maximum Gasteiger partial charge on any atom is 0.316 e. The summed E-state index contributed by atoms with van der Waals surface area (Å²) in [5, 5.41) is 0. The van der Waals surface area contributed by atoms with Crippen LogP contribution in [0.1, 0.15) is 43.0 Å². The van der Waals surface area contributed by atoms with E-state index in [4.69, 9.17) is 4.74 Å². The van der Waals surface area contributed by atoms with Crippen molar-refractivity contribution in [2.24, 2.45) is 5.92 Å². The summed E-state index contributed by atoms with van der Waals surface area (Å²) < 4.78 is 5.20. The van der Waals surface area contributed by atoms with Gasteiger partial charge in [-0.25, -0.2) is 9.97 Å². The molecule has 5 heteroatoms. The molecule has 0 amide bonds. The van der Waals surface area contributed by atoms with Gasteiger partial charge < -0.3 is 9.64 Å². The van der Waals surface area contributed by atoms with E-state index in [-0.39, 0.29) is 11.7 Å². The highest BCUT2D eigenvalue weighted by Gasteiger charge is 2.41. The van der Waals surface area contributed by atoms with Gasteiger partial charge in [-0.15, -0.1) is 0 Å². The van der Waals surface area contributed by atoms with Gasteiger partial charge in [-0.2, -0.15) is 0 Å². The molecule has 2 bridgehead atoms. The number of piperidine rings is 1. The van der Waals surface area contributed by atoms with E-state index in [9.17, 15) is 4.79 Å². The van der Waals surface area contributed by atoms with E-state index in [0.29, 0.717) is 30.3 Å². The standard InChI is InChI=1S/C15H21N3O2/c1-3-20-15-16-8-11(9-17-15)14(19)10-6-12-4-5-13(7-10)18(12)2/h8-10,12-13H,3-7H2,1-2H3. The molecule has 2 fully saturated rings. The third-order valence-corrected chi connectivity index (χ3v) is 4.66. The van der Waals surface area contributed by atoms with Crippen LogP contribution in [0.15, 0.2) is 12.4 Å². The van der Waals surface area contributed by atoms with Crippen LogP contribution in [0.3, 0.4) is 0 Å². The molecule has 20 heavy (non-hydrogen) atoms. The molecule has 1 aromatic rings. The molecular weight excluding hydrogens is 254 g/mol.